The van der Waals surface area contributed by atoms with Gasteiger partial charge in [-0.2, -0.15) is 0 Å². The van der Waals surface area contributed by atoms with Gasteiger partial charge in [0.25, 0.3) is 0 Å². The number of rotatable bonds is 3. The summed E-state index contributed by atoms with van der Waals surface area (Å²) in [6.07, 6.45) is 0. The highest BCUT2D eigenvalue weighted by molar-refractivity contribution is 6.32. The average molecular weight is 299 g/mol. The van der Waals surface area contributed by atoms with Gasteiger partial charge in [0, 0.05) is 10.6 Å². The second-order valence-electron chi connectivity index (χ2n) is 4.36. The summed E-state index contributed by atoms with van der Waals surface area (Å²) in [5.74, 6) is 0.286. The van der Waals surface area contributed by atoms with E-state index in [0.29, 0.717) is 16.3 Å². The molecule has 0 amide bonds. The molecule has 0 saturated carbocycles. The topological polar surface area (TPSA) is 9.23 Å². The first-order valence-electron chi connectivity index (χ1n) is 5.81. The first-order chi connectivity index (χ1) is 8.99. The molecule has 0 aromatic heterocycles. The zero-order chi connectivity index (χ0) is 14.0. The molecule has 0 atom stereocenters. The minimum absolute atomic E-state index is 0.0893. The summed E-state index contributed by atoms with van der Waals surface area (Å²) in [7, 11) is 0. The number of halogens is 3. The van der Waals surface area contributed by atoms with Crippen LogP contribution in [0.25, 0.3) is 0 Å². The molecule has 4 heteroatoms. The van der Waals surface area contributed by atoms with Crippen molar-refractivity contribution >= 4 is 23.2 Å². The van der Waals surface area contributed by atoms with Crippen LogP contribution >= 0.6 is 23.2 Å². The maximum Gasteiger partial charge on any atom is 0.131 e. The van der Waals surface area contributed by atoms with E-state index in [0.717, 1.165) is 16.1 Å². The Kier molecular flexibility index (Phi) is 4.33. The zero-order valence-corrected chi connectivity index (χ0v) is 12.1. The summed E-state index contributed by atoms with van der Waals surface area (Å²) >= 11 is 12.0. The van der Waals surface area contributed by atoms with E-state index in [2.05, 4.69) is 0 Å². The van der Waals surface area contributed by atoms with E-state index in [9.17, 15) is 4.39 Å². The molecule has 100 valence electrons. The van der Waals surface area contributed by atoms with Crippen LogP contribution in [-0.4, -0.2) is 0 Å². The number of aryl methyl sites for hydroxylation is 2. The predicted octanol–water partition coefficient (Wildman–Crippen LogP) is 5.33. The summed E-state index contributed by atoms with van der Waals surface area (Å²) in [6.45, 7) is 3.89. The monoisotopic (exact) mass is 298 g/mol. The van der Waals surface area contributed by atoms with Crippen molar-refractivity contribution in [1.82, 2.24) is 0 Å². The fourth-order valence-electron chi connectivity index (χ4n) is 1.82. The van der Waals surface area contributed by atoms with Crippen LogP contribution in [0.15, 0.2) is 30.3 Å². The Morgan fingerprint density at radius 1 is 1.11 bits per heavy atom. The molecule has 0 heterocycles. The van der Waals surface area contributed by atoms with Crippen LogP contribution in [0, 0.1) is 19.7 Å². The highest BCUT2D eigenvalue weighted by atomic mass is 35.5. The SMILES string of the molecule is Cc1cc(OCc2c(F)cccc2Cl)cc(C)c1Cl. The van der Waals surface area contributed by atoms with E-state index in [1.54, 1.807) is 12.1 Å². The maximum absolute atomic E-state index is 13.6. The largest absolute Gasteiger partial charge is 0.489 e. The molecule has 0 unspecified atom stereocenters. The van der Waals surface area contributed by atoms with E-state index in [4.69, 9.17) is 27.9 Å². The molecule has 19 heavy (non-hydrogen) atoms. The first kappa shape index (κ1) is 14.2. The third-order valence-electron chi connectivity index (χ3n) is 2.85. The molecule has 0 aliphatic carbocycles. The number of hydrogen-bond acceptors (Lipinski definition) is 1. The van der Waals surface area contributed by atoms with Gasteiger partial charge in [-0.1, -0.05) is 29.3 Å². The molecule has 0 N–H and O–H groups in total. The highest BCUT2D eigenvalue weighted by Gasteiger charge is 2.09. The number of ether oxygens (including phenoxy) is 1. The molecule has 0 saturated heterocycles. The van der Waals surface area contributed by atoms with E-state index in [1.807, 2.05) is 26.0 Å². The molecule has 0 aliphatic heterocycles. The maximum atomic E-state index is 13.6. The molecule has 0 radical (unpaired) electrons. The minimum Gasteiger partial charge on any atom is -0.489 e. The minimum atomic E-state index is -0.366. The second kappa shape index (κ2) is 5.81. The predicted molar refractivity (Wildman–Crippen MR) is 76.7 cm³/mol. The molecule has 2 rings (SSSR count). The summed E-state index contributed by atoms with van der Waals surface area (Å²) in [6, 6.07) is 8.22. The summed E-state index contributed by atoms with van der Waals surface area (Å²) in [4.78, 5) is 0. The Labute approximate surface area is 121 Å². The fourth-order valence-corrected chi connectivity index (χ4v) is 2.14. The van der Waals surface area contributed by atoms with Crippen molar-refractivity contribution in [3.63, 3.8) is 0 Å². The van der Waals surface area contributed by atoms with E-state index >= 15 is 0 Å². The van der Waals surface area contributed by atoms with Crippen molar-refractivity contribution in [3.05, 3.63) is 62.9 Å². The lowest BCUT2D eigenvalue weighted by molar-refractivity contribution is 0.299. The van der Waals surface area contributed by atoms with E-state index in [1.165, 1.54) is 6.07 Å². The summed E-state index contributed by atoms with van der Waals surface area (Å²) in [5, 5.41) is 1.08. The molecule has 2 aromatic carbocycles. The number of benzene rings is 2. The van der Waals surface area contributed by atoms with Crippen LogP contribution in [-0.2, 0) is 6.61 Å². The average Bonchev–Trinajstić information content (AvgIpc) is 2.35. The highest BCUT2D eigenvalue weighted by Crippen LogP contribution is 2.27. The second-order valence-corrected chi connectivity index (χ2v) is 5.15. The van der Waals surface area contributed by atoms with Gasteiger partial charge in [-0.3, -0.25) is 0 Å². The molecular weight excluding hydrogens is 286 g/mol. The van der Waals surface area contributed by atoms with Gasteiger partial charge < -0.3 is 4.74 Å². The van der Waals surface area contributed by atoms with Gasteiger partial charge >= 0.3 is 0 Å². The van der Waals surface area contributed by atoms with Crippen LogP contribution < -0.4 is 4.74 Å². The van der Waals surface area contributed by atoms with Crippen LogP contribution in [0.4, 0.5) is 4.39 Å². The summed E-state index contributed by atoms with van der Waals surface area (Å²) < 4.78 is 19.2. The standard InChI is InChI=1S/C15H13Cl2FO/c1-9-6-11(7-10(2)15(9)17)19-8-12-13(16)4-3-5-14(12)18/h3-7H,8H2,1-2H3. The van der Waals surface area contributed by atoms with Crippen molar-refractivity contribution in [2.24, 2.45) is 0 Å². The third kappa shape index (κ3) is 3.20. The Balaban J connectivity index is 2.19. The Hall–Kier alpha value is -1.25. The van der Waals surface area contributed by atoms with Crippen molar-refractivity contribution in [2.45, 2.75) is 20.5 Å². The van der Waals surface area contributed by atoms with E-state index < -0.39 is 0 Å². The van der Waals surface area contributed by atoms with Gasteiger partial charge in [0.05, 0.1) is 5.02 Å². The molecule has 0 spiro atoms. The third-order valence-corrected chi connectivity index (χ3v) is 3.81. The molecular formula is C15H13Cl2FO. The Bertz CT molecular complexity index is 568. The van der Waals surface area contributed by atoms with Gasteiger partial charge in [0.1, 0.15) is 18.2 Å². The van der Waals surface area contributed by atoms with Gasteiger partial charge in [-0.25, -0.2) is 4.39 Å². The van der Waals surface area contributed by atoms with Gasteiger partial charge in [0.2, 0.25) is 0 Å². The quantitative estimate of drug-likeness (QED) is 0.744. The van der Waals surface area contributed by atoms with Crippen LogP contribution in [0.2, 0.25) is 10.0 Å². The van der Waals surface area contributed by atoms with Gasteiger partial charge in [-0.05, 0) is 49.2 Å². The Morgan fingerprint density at radius 3 is 2.32 bits per heavy atom. The smallest absolute Gasteiger partial charge is 0.131 e. The Morgan fingerprint density at radius 2 is 1.74 bits per heavy atom. The first-order valence-corrected chi connectivity index (χ1v) is 6.57. The van der Waals surface area contributed by atoms with Crippen molar-refractivity contribution in [1.29, 1.82) is 0 Å². The van der Waals surface area contributed by atoms with Crippen LogP contribution in [0.3, 0.4) is 0 Å². The molecule has 0 aliphatic rings. The lowest BCUT2D eigenvalue weighted by atomic mass is 10.1. The lowest BCUT2D eigenvalue weighted by Gasteiger charge is -2.11. The molecule has 1 nitrogen and oxygen atoms in total. The molecule has 0 fully saturated rings. The molecule has 2 aromatic rings. The fraction of sp³-hybridized carbons (Fsp3) is 0.200. The van der Waals surface area contributed by atoms with Crippen LogP contribution in [0.5, 0.6) is 5.75 Å². The van der Waals surface area contributed by atoms with Gasteiger partial charge in [-0.15, -0.1) is 0 Å². The van der Waals surface area contributed by atoms with Crippen molar-refractivity contribution in [3.8, 4) is 5.75 Å². The van der Waals surface area contributed by atoms with Crippen LogP contribution in [0.1, 0.15) is 16.7 Å². The van der Waals surface area contributed by atoms with Crippen molar-refractivity contribution in [2.75, 3.05) is 0 Å². The normalized spacial score (nSPS) is 10.6. The van der Waals surface area contributed by atoms with E-state index in [-0.39, 0.29) is 12.4 Å². The number of hydrogen-bond donors (Lipinski definition) is 0. The van der Waals surface area contributed by atoms with Gasteiger partial charge in [0.15, 0.2) is 0 Å². The summed E-state index contributed by atoms with van der Waals surface area (Å²) in [5.41, 5.74) is 2.21. The molecule has 0 bridgehead atoms. The zero-order valence-electron chi connectivity index (χ0n) is 10.6. The lowest BCUT2D eigenvalue weighted by Crippen LogP contribution is -2.00. The van der Waals surface area contributed by atoms with Crippen molar-refractivity contribution < 1.29 is 9.13 Å².